The molecule has 3 aromatic rings. The summed E-state index contributed by atoms with van der Waals surface area (Å²) in [6.45, 7) is 1.95. The van der Waals surface area contributed by atoms with Gasteiger partial charge in [-0.15, -0.1) is 11.6 Å². The highest BCUT2D eigenvalue weighted by atomic mass is 35.5. The molecule has 106 valence electrons. The molecule has 0 bridgehead atoms. The summed E-state index contributed by atoms with van der Waals surface area (Å²) >= 11 is 6.48. The van der Waals surface area contributed by atoms with Crippen LogP contribution in [0.2, 0.25) is 0 Å². The first-order chi connectivity index (χ1) is 10.1. The minimum atomic E-state index is -0.365. The Morgan fingerprint density at radius 2 is 1.76 bits per heavy atom. The highest BCUT2D eigenvalue weighted by Gasteiger charge is 2.15. The Morgan fingerprint density at radius 1 is 1.00 bits per heavy atom. The molecular formula is C19H16ClF. The van der Waals surface area contributed by atoms with Gasteiger partial charge in [-0.25, -0.2) is 4.39 Å². The van der Waals surface area contributed by atoms with E-state index < -0.39 is 0 Å². The van der Waals surface area contributed by atoms with E-state index >= 15 is 0 Å². The van der Waals surface area contributed by atoms with Gasteiger partial charge in [0.05, 0.1) is 5.38 Å². The largest absolute Gasteiger partial charge is 0.207 e. The third-order valence-electron chi connectivity index (χ3n) is 3.77. The van der Waals surface area contributed by atoms with Gasteiger partial charge in [-0.05, 0) is 35.7 Å². The van der Waals surface area contributed by atoms with E-state index in [0.717, 1.165) is 11.1 Å². The normalized spacial score (nSPS) is 12.5. The van der Waals surface area contributed by atoms with Crippen molar-refractivity contribution in [2.24, 2.45) is 0 Å². The van der Waals surface area contributed by atoms with Crippen LogP contribution in [0.3, 0.4) is 0 Å². The molecule has 0 heterocycles. The molecule has 0 aliphatic carbocycles. The third-order valence-corrected chi connectivity index (χ3v) is 4.16. The van der Waals surface area contributed by atoms with Crippen molar-refractivity contribution in [3.8, 4) is 0 Å². The maximum absolute atomic E-state index is 14.0. The van der Waals surface area contributed by atoms with Gasteiger partial charge in [0.1, 0.15) is 5.82 Å². The third kappa shape index (κ3) is 2.93. The summed E-state index contributed by atoms with van der Waals surface area (Å²) in [5.41, 5.74) is 2.74. The summed E-state index contributed by atoms with van der Waals surface area (Å²) in [7, 11) is 0. The number of alkyl halides is 1. The molecule has 0 spiro atoms. The summed E-state index contributed by atoms with van der Waals surface area (Å²) in [4.78, 5) is 0. The maximum Gasteiger partial charge on any atom is 0.127 e. The second kappa shape index (κ2) is 5.87. The molecular weight excluding hydrogens is 283 g/mol. The quantitative estimate of drug-likeness (QED) is 0.535. The first kappa shape index (κ1) is 14.1. The number of rotatable bonds is 3. The van der Waals surface area contributed by atoms with Crippen LogP contribution in [0.5, 0.6) is 0 Å². The minimum Gasteiger partial charge on any atom is -0.207 e. The summed E-state index contributed by atoms with van der Waals surface area (Å²) in [5.74, 6) is -0.235. The number of benzene rings is 3. The van der Waals surface area contributed by atoms with Crippen molar-refractivity contribution in [2.45, 2.75) is 18.7 Å². The molecule has 1 atom stereocenters. The molecule has 0 saturated heterocycles. The van der Waals surface area contributed by atoms with Gasteiger partial charge >= 0.3 is 0 Å². The lowest BCUT2D eigenvalue weighted by molar-refractivity contribution is 0.605. The van der Waals surface area contributed by atoms with E-state index in [0.29, 0.717) is 12.0 Å². The van der Waals surface area contributed by atoms with Crippen LogP contribution in [0.15, 0.2) is 60.7 Å². The van der Waals surface area contributed by atoms with Gasteiger partial charge in [0.25, 0.3) is 0 Å². The Hall–Kier alpha value is -1.86. The van der Waals surface area contributed by atoms with Crippen LogP contribution in [-0.4, -0.2) is 0 Å². The summed E-state index contributed by atoms with van der Waals surface area (Å²) in [6, 6.07) is 19.4. The Labute approximate surface area is 129 Å². The summed E-state index contributed by atoms with van der Waals surface area (Å²) in [6.07, 6.45) is 0.614. The molecule has 0 aliphatic rings. The number of halogens is 2. The average molecular weight is 299 g/mol. The molecule has 3 aromatic carbocycles. The summed E-state index contributed by atoms with van der Waals surface area (Å²) in [5, 5.41) is 2.00. The number of hydrogen-bond acceptors (Lipinski definition) is 0. The number of hydrogen-bond donors (Lipinski definition) is 0. The van der Waals surface area contributed by atoms with Crippen molar-refractivity contribution in [1.82, 2.24) is 0 Å². The first-order valence-corrected chi connectivity index (χ1v) is 7.45. The fourth-order valence-electron chi connectivity index (χ4n) is 2.68. The van der Waals surface area contributed by atoms with Crippen LogP contribution < -0.4 is 0 Å². The zero-order valence-electron chi connectivity index (χ0n) is 11.8. The molecule has 2 heteroatoms. The van der Waals surface area contributed by atoms with Crippen LogP contribution in [-0.2, 0) is 6.42 Å². The Kier molecular flexibility index (Phi) is 3.94. The van der Waals surface area contributed by atoms with Crippen LogP contribution >= 0.6 is 11.6 Å². The van der Waals surface area contributed by atoms with E-state index in [4.69, 9.17) is 11.6 Å². The molecule has 1 unspecified atom stereocenters. The van der Waals surface area contributed by atoms with E-state index in [1.54, 1.807) is 6.07 Å². The predicted molar refractivity (Wildman–Crippen MR) is 87.4 cm³/mol. The van der Waals surface area contributed by atoms with E-state index in [-0.39, 0.29) is 11.2 Å². The lowest BCUT2D eigenvalue weighted by atomic mass is 9.97. The molecule has 3 rings (SSSR count). The van der Waals surface area contributed by atoms with E-state index in [2.05, 4.69) is 24.3 Å². The average Bonchev–Trinajstić information content (AvgIpc) is 2.50. The molecule has 0 N–H and O–H groups in total. The van der Waals surface area contributed by atoms with Gasteiger partial charge in [0.15, 0.2) is 0 Å². The molecule has 0 radical (unpaired) electrons. The van der Waals surface area contributed by atoms with E-state index in [1.165, 1.54) is 16.8 Å². The fraction of sp³-hybridized carbons (Fsp3) is 0.158. The Morgan fingerprint density at radius 3 is 2.62 bits per heavy atom. The molecule has 0 aliphatic heterocycles. The second-order valence-electron chi connectivity index (χ2n) is 5.33. The topological polar surface area (TPSA) is 0 Å². The predicted octanol–water partition coefficient (Wildman–Crippen LogP) is 5.81. The first-order valence-electron chi connectivity index (χ1n) is 7.02. The van der Waals surface area contributed by atoms with Gasteiger partial charge < -0.3 is 0 Å². The van der Waals surface area contributed by atoms with Crippen LogP contribution in [0.25, 0.3) is 10.8 Å². The molecule has 0 aromatic heterocycles. The second-order valence-corrected chi connectivity index (χ2v) is 5.86. The molecule has 0 nitrogen and oxygen atoms in total. The maximum atomic E-state index is 14.0. The molecule has 21 heavy (non-hydrogen) atoms. The minimum absolute atomic E-state index is 0.235. The zero-order valence-corrected chi connectivity index (χ0v) is 12.6. The highest BCUT2D eigenvalue weighted by Crippen LogP contribution is 2.30. The van der Waals surface area contributed by atoms with Gasteiger partial charge in [0.2, 0.25) is 0 Å². The number of fused-ring (bicyclic) bond motifs is 1. The van der Waals surface area contributed by atoms with Crippen molar-refractivity contribution in [3.63, 3.8) is 0 Å². The lowest BCUT2D eigenvalue weighted by Gasteiger charge is -2.13. The van der Waals surface area contributed by atoms with E-state index in [9.17, 15) is 4.39 Å². The lowest BCUT2D eigenvalue weighted by Crippen LogP contribution is -2.00. The molecule has 0 fully saturated rings. The Balaban J connectivity index is 1.96. The van der Waals surface area contributed by atoms with Crippen LogP contribution in [0.1, 0.15) is 22.1 Å². The van der Waals surface area contributed by atoms with Crippen molar-refractivity contribution < 1.29 is 4.39 Å². The van der Waals surface area contributed by atoms with Gasteiger partial charge in [0, 0.05) is 5.56 Å². The Bertz CT molecular complexity index is 774. The van der Waals surface area contributed by atoms with Crippen molar-refractivity contribution in [3.05, 3.63) is 83.2 Å². The van der Waals surface area contributed by atoms with Gasteiger partial charge in [-0.1, -0.05) is 60.2 Å². The standard InChI is InChI=1S/C19H16ClF/c1-13-9-10-19(21)17(11-13)18(20)12-15-7-4-6-14-5-2-3-8-16(14)15/h2-11,18H,12H2,1H3. The van der Waals surface area contributed by atoms with E-state index in [1.807, 2.05) is 31.2 Å². The summed E-state index contributed by atoms with van der Waals surface area (Å²) < 4.78 is 14.0. The molecule has 0 saturated carbocycles. The highest BCUT2D eigenvalue weighted by molar-refractivity contribution is 6.21. The molecule has 0 amide bonds. The van der Waals surface area contributed by atoms with Gasteiger partial charge in [-0.2, -0.15) is 0 Å². The monoisotopic (exact) mass is 298 g/mol. The smallest absolute Gasteiger partial charge is 0.127 e. The van der Waals surface area contributed by atoms with Crippen molar-refractivity contribution in [1.29, 1.82) is 0 Å². The van der Waals surface area contributed by atoms with Crippen LogP contribution in [0, 0.1) is 12.7 Å². The fourth-order valence-corrected chi connectivity index (χ4v) is 3.01. The van der Waals surface area contributed by atoms with Crippen molar-refractivity contribution in [2.75, 3.05) is 0 Å². The van der Waals surface area contributed by atoms with Crippen LogP contribution in [0.4, 0.5) is 4.39 Å². The SMILES string of the molecule is Cc1ccc(F)c(C(Cl)Cc2cccc3ccccc23)c1. The van der Waals surface area contributed by atoms with Gasteiger partial charge in [-0.3, -0.25) is 0 Å². The van der Waals surface area contributed by atoms with Crippen molar-refractivity contribution >= 4 is 22.4 Å². The zero-order chi connectivity index (χ0) is 14.8. The number of aryl methyl sites for hydroxylation is 1.